The van der Waals surface area contributed by atoms with Gasteiger partial charge in [0.15, 0.2) is 0 Å². The Labute approximate surface area is 388 Å². The van der Waals surface area contributed by atoms with Crippen molar-refractivity contribution < 1.29 is 38.8 Å². The summed E-state index contributed by atoms with van der Waals surface area (Å²) in [5.41, 5.74) is 5.01. The van der Waals surface area contributed by atoms with Crippen LogP contribution in [0.2, 0.25) is 0 Å². The highest BCUT2D eigenvalue weighted by molar-refractivity contribution is 5.90. The van der Waals surface area contributed by atoms with Crippen molar-refractivity contribution in [2.45, 2.75) is 51.2 Å². The van der Waals surface area contributed by atoms with Gasteiger partial charge in [0.05, 0.1) is 29.8 Å². The van der Waals surface area contributed by atoms with E-state index >= 15 is 0 Å². The summed E-state index contributed by atoms with van der Waals surface area (Å²) in [6.07, 6.45) is 0.683. The molecule has 0 spiro atoms. The number of amides is 3. The normalized spacial score (nSPS) is 17.3. The topological polar surface area (TPSA) is 195 Å². The first-order valence-electron chi connectivity index (χ1n) is 22.7. The van der Waals surface area contributed by atoms with Gasteiger partial charge in [-0.05, 0) is 115 Å². The lowest BCUT2D eigenvalue weighted by molar-refractivity contribution is -0.0336. The maximum absolute atomic E-state index is 13.3. The first-order chi connectivity index (χ1) is 32.6. The van der Waals surface area contributed by atoms with Crippen molar-refractivity contribution in [1.29, 1.82) is 0 Å². The Morgan fingerprint density at radius 2 is 1.61 bits per heavy atom. The van der Waals surface area contributed by atoms with Crippen LogP contribution in [0.3, 0.4) is 0 Å². The van der Waals surface area contributed by atoms with Crippen LogP contribution in [0.1, 0.15) is 70.1 Å². The van der Waals surface area contributed by atoms with Crippen LogP contribution in [0.25, 0.3) is 10.9 Å². The van der Waals surface area contributed by atoms with E-state index in [-0.39, 0.29) is 55.3 Å². The number of pyridine rings is 1. The van der Waals surface area contributed by atoms with E-state index in [0.29, 0.717) is 47.0 Å². The van der Waals surface area contributed by atoms with Crippen molar-refractivity contribution in [3.63, 3.8) is 0 Å². The fraction of sp³-hybridized carbons (Fsp3) is 0.308. The molecule has 15 heteroatoms. The van der Waals surface area contributed by atoms with E-state index in [2.05, 4.69) is 25.8 Å². The van der Waals surface area contributed by atoms with Gasteiger partial charge in [0, 0.05) is 43.3 Å². The molecule has 6 N–H and O–H groups in total. The third-order valence-electron chi connectivity index (χ3n) is 12.4. The van der Waals surface area contributed by atoms with Crippen molar-refractivity contribution >= 4 is 34.7 Å². The number of likely N-dealkylation sites (N-methyl/N-ethyl adjacent to an activating group) is 1. The molecular weight excluding hydrogens is 853 g/mol. The number of aromatic amines is 1. The van der Waals surface area contributed by atoms with Crippen molar-refractivity contribution in [2.75, 3.05) is 51.2 Å². The number of esters is 1. The number of nitrogens with one attached hydrogen (secondary N) is 4. The Bertz CT molecular complexity index is 2690. The largest absolute Gasteiger partial charge is 0.506 e. The van der Waals surface area contributed by atoms with Crippen LogP contribution < -0.4 is 26.2 Å². The van der Waals surface area contributed by atoms with E-state index in [9.17, 15) is 29.4 Å². The van der Waals surface area contributed by atoms with Gasteiger partial charge in [-0.3, -0.25) is 9.69 Å². The predicted octanol–water partition coefficient (Wildman–Crippen LogP) is 7.26. The molecule has 6 aromatic rings. The second kappa shape index (κ2) is 21.9. The van der Waals surface area contributed by atoms with Crippen LogP contribution in [0, 0.1) is 5.92 Å². The Hall–Kier alpha value is -7.20. The van der Waals surface area contributed by atoms with E-state index in [1.807, 2.05) is 73.7 Å². The first-order valence-corrected chi connectivity index (χ1v) is 22.7. The second-order valence-electron chi connectivity index (χ2n) is 16.9. The molecule has 5 aromatic carbocycles. The summed E-state index contributed by atoms with van der Waals surface area (Å²) in [6.45, 7) is 6.28. The number of alkyl carbamates (subject to hydrolysis) is 1. The van der Waals surface area contributed by atoms with Crippen molar-refractivity contribution in [3.8, 4) is 11.5 Å². The molecule has 1 aromatic heterocycles. The zero-order chi connectivity index (χ0) is 46.7. The zero-order valence-electron chi connectivity index (χ0n) is 37.4. The van der Waals surface area contributed by atoms with Crippen LogP contribution in [-0.2, 0) is 22.6 Å². The number of aromatic nitrogens is 1. The summed E-state index contributed by atoms with van der Waals surface area (Å²) in [4.78, 5) is 57.5. The summed E-state index contributed by atoms with van der Waals surface area (Å²) < 4.78 is 17.7. The third-order valence-corrected chi connectivity index (χ3v) is 12.4. The minimum Gasteiger partial charge on any atom is -0.506 e. The number of aliphatic hydroxyl groups is 1. The van der Waals surface area contributed by atoms with E-state index < -0.39 is 24.2 Å². The number of aliphatic hydroxyl groups excluding tert-OH is 1. The number of aromatic hydroxyl groups is 1. The molecule has 348 valence electrons. The number of benzene rings is 5. The maximum Gasteiger partial charge on any atom is 0.408 e. The molecular formula is C52H56N6O9. The molecule has 3 atom stereocenters. The number of anilines is 1. The number of urea groups is 1. The van der Waals surface area contributed by atoms with E-state index in [1.165, 1.54) is 12.1 Å². The average molecular weight is 909 g/mol. The molecule has 0 aliphatic carbocycles. The predicted molar refractivity (Wildman–Crippen MR) is 254 cm³/mol. The quantitative estimate of drug-likeness (QED) is 0.0476. The molecule has 0 radical (unpaired) electrons. The van der Waals surface area contributed by atoms with Gasteiger partial charge < -0.3 is 50.3 Å². The highest BCUT2D eigenvalue weighted by Gasteiger charge is 2.37. The standard InChI is InChI=1S/C52H56N6O9/c1-2-58(51(63)54-40-17-13-34(14-18-40)30-53-31-45(60)42-19-21-44(59)49-43(42)20-22-47(61)55-49)27-28-65-50(62)38-15-11-35(12-16-38)33-66-41-10-6-9-39(29-41)48(37-7-4-3-5-8-37)56-52(64)67-46-32-57-25-23-36(46)24-26-57/h3-22,29,36,45-46,48,53,59-60H,2,23-28,30-33H2,1H3,(H,54,63)(H,55,61)(H,56,64)/t45-,46-,48-/m0/s1. The summed E-state index contributed by atoms with van der Waals surface area (Å²) in [7, 11) is 0. The summed E-state index contributed by atoms with van der Waals surface area (Å²) >= 11 is 0. The molecule has 0 unspecified atom stereocenters. The summed E-state index contributed by atoms with van der Waals surface area (Å²) in [5.74, 6) is 0.454. The number of phenolic OH excluding ortho intramolecular Hbond substituents is 1. The molecule has 67 heavy (non-hydrogen) atoms. The highest BCUT2D eigenvalue weighted by atomic mass is 16.6. The maximum atomic E-state index is 13.3. The second-order valence-corrected chi connectivity index (χ2v) is 16.9. The zero-order valence-corrected chi connectivity index (χ0v) is 37.4. The number of hydrogen-bond acceptors (Lipinski definition) is 11. The number of ether oxygens (including phenoxy) is 3. The van der Waals surface area contributed by atoms with Crippen LogP contribution in [0.4, 0.5) is 15.3 Å². The number of carbonyl (C=O) groups is 3. The number of hydrogen-bond donors (Lipinski definition) is 6. The number of fused-ring (bicyclic) bond motifs is 4. The Kier molecular flexibility index (Phi) is 15.1. The number of phenols is 1. The molecule has 15 nitrogen and oxygen atoms in total. The molecule has 3 amide bonds. The van der Waals surface area contributed by atoms with E-state index in [0.717, 1.165) is 54.7 Å². The van der Waals surface area contributed by atoms with Crippen molar-refractivity contribution in [1.82, 2.24) is 25.4 Å². The lowest BCUT2D eigenvalue weighted by Crippen LogP contribution is -2.52. The molecule has 4 heterocycles. The van der Waals surface area contributed by atoms with Crippen LogP contribution in [-0.4, -0.2) is 95.1 Å². The minimum absolute atomic E-state index is 0.00584. The van der Waals surface area contributed by atoms with E-state index in [1.54, 1.807) is 53.4 Å². The smallest absolute Gasteiger partial charge is 0.408 e. The monoisotopic (exact) mass is 908 g/mol. The Morgan fingerprint density at radius 3 is 2.34 bits per heavy atom. The fourth-order valence-corrected chi connectivity index (χ4v) is 8.68. The highest BCUT2D eigenvalue weighted by Crippen LogP contribution is 2.32. The van der Waals surface area contributed by atoms with Crippen LogP contribution in [0.5, 0.6) is 11.5 Å². The van der Waals surface area contributed by atoms with Gasteiger partial charge in [-0.25, -0.2) is 14.4 Å². The summed E-state index contributed by atoms with van der Waals surface area (Å²) in [5, 5.41) is 30.8. The minimum atomic E-state index is -0.890. The summed E-state index contributed by atoms with van der Waals surface area (Å²) in [6, 6.07) is 36.9. The van der Waals surface area contributed by atoms with Gasteiger partial charge in [-0.2, -0.15) is 0 Å². The number of nitrogens with zero attached hydrogens (tertiary/aromatic N) is 2. The molecule has 3 fully saturated rings. The van der Waals surface area contributed by atoms with Crippen LogP contribution in [0.15, 0.2) is 132 Å². The average Bonchev–Trinajstić information content (AvgIpc) is 3.35. The third kappa shape index (κ3) is 12.0. The van der Waals surface area contributed by atoms with Gasteiger partial charge in [-0.1, -0.05) is 72.8 Å². The van der Waals surface area contributed by atoms with Gasteiger partial charge in [0.2, 0.25) is 5.56 Å². The number of carbonyl (C=O) groups excluding carboxylic acids is 3. The van der Waals surface area contributed by atoms with Gasteiger partial charge in [-0.15, -0.1) is 0 Å². The number of H-pyrrole nitrogens is 1. The Morgan fingerprint density at radius 1 is 0.866 bits per heavy atom. The molecule has 3 aliphatic heterocycles. The molecule has 3 aliphatic rings. The lowest BCUT2D eigenvalue weighted by Gasteiger charge is -2.43. The van der Waals surface area contributed by atoms with Crippen molar-refractivity contribution in [3.05, 3.63) is 171 Å². The van der Waals surface area contributed by atoms with Crippen molar-refractivity contribution in [2.24, 2.45) is 5.92 Å². The van der Waals surface area contributed by atoms with Gasteiger partial charge in [0.25, 0.3) is 0 Å². The molecule has 2 bridgehead atoms. The number of piperidine rings is 3. The molecule has 9 rings (SSSR count). The molecule has 0 saturated carbocycles. The molecule has 3 saturated heterocycles. The number of rotatable bonds is 18. The van der Waals surface area contributed by atoms with E-state index in [4.69, 9.17) is 14.2 Å². The first kappa shape index (κ1) is 46.3. The Balaban J connectivity index is 0.766. The van der Waals surface area contributed by atoms with Gasteiger partial charge in [0.1, 0.15) is 30.8 Å². The fourth-order valence-electron chi connectivity index (χ4n) is 8.68. The van der Waals surface area contributed by atoms with Crippen LogP contribution >= 0.6 is 0 Å². The SMILES string of the molecule is CCN(CCOC(=O)c1ccc(COc2cccc([C@@H](NC(=O)O[C@H]3CN4CCC3CC4)c3ccccc3)c2)cc1)C(=O)Nc1ccc(CNC[C@H](O)c2ccc(O)c3[nH]c(=O)ccc23)cc1. The van der Waals surface area contributed by atoms with Gasteiger partial charge >= 0.3 is 18.1 Å². The lowest BCUT2D eigenvalue weighted by atomic mass is 9.86.